The number of allylic oxidation sites excluding steroid dienone is 1. The second kappa shape index (κ2) is 6.67. The maximum absolute atomic E-state index is 12.2. The number of nitrogens with zero attached hydrogens (tertiary/aromatic N) is 3. The first-order valence-corrected chi connectivity index (χ1v) is 7.84. The van der Waals surface area contributed by atoms with E-state index in [0.29, 0.717) is 29.3 Å². The lowest BCUT2D eigenvalue weighted by Gasteiger charge is -2.12. The molecule has 0 saturated carbocycles. The predicted molar refractivity (Wildman–Crippen MR) is 87.2 cm³/mol. The molecule has 124 valence electrons. The van der Waals surface area contributed by atoms with Crippen molar-refractivity contribution >= 4 is 33.1 Å². The highest BCUT2D eigenvalue weighted by atomic mass is 32.1. The lowest BCUT2D eigenvalue weighted by Crippen LogP contribution is -2.19. The molecule has 2 heterocycles. The van der Waals surface area contributed by atoms with Gasteiger partial charge in [0.2, 0.25) is 5.76 Å². The number of fused-ring (bicyclic) bond motifs is 1. The van der Waals surface area contributed by atoms with Gasteiger partial charge >= 0.3 is 5.91 Å². The average Bonchev–Trinajstić information content (AvgIpc) is 2.92. The van der Waals surface area contributed by atoms with Crippen LogP contribution < -0.4 is 4.80 Å². The van der Waals surface area contributed by atoms with Crippen molar-refractivity contribution in [2.75, 3.05) is 13.2 Å². The molecule has 0 bridgehead atoms. The van der Waals surface area contributed by atoms with Crippen molar-refractivity contribution < 1.29 is 19.2 Å². The topological polar surface area (TPSA) is 96.0 Å². The minimum absolute atomic E-state index is 0.0147. The second-order valence-corrected chi connectivity index (χ2v) is 5.82. The fourth-order valence-corrected chi connectivity index (χ4v) is 3.26. The molecule has 1 amide bonds. The molecule has 3 rings (SSSR count). The molecule has 24 heavy (non-hydrogen) atoms. The van der Waals surface area contributed by atoms with Crippen LogP contribution in [0.2, 0.25) is 0 Å². The molecular weight excluding hydrogens is 334 g/mol. The summed E-state index contributed by atoms with van der Waals surface area (Å²) in [6, 6.07) is 4.51. The molecule has 0 N–H and O–H groups in total. The normalized spacial score (nSPS) is 14.7. The van der Waals surface area contributed by atoms with Crippen LogP contribution in [0.15, 0.2) is 47.9 Å². The SMILES string of the molecule is C=CCn1c(=NC(=O)C2=COCCO2)sc2cc([N+](=O)[O-])ccc21. The van der Waals surface area contributed by atoms with Crippen molar-refractivity contribution in [2.24, 2.45) is 4.99 Å². The van der Waals surface area contributed by atoms with Crippen LogP contribution in [0.25, 0.3) is 10.2 Å². The van der Waals surface area contributed by atoms with Gasteiger partial charge in [0.15, 0.2) is 4.80 Å². The molecule has 0 aliphatic carbocycles. The Balaban J connectivity index is 2.11. The zero-order chi connectivity index (χ0) is 17.1. The first-order chi connectivity index (χ1) is 11.6. The summed E-state index contributed by atoms with van der Waals surface area (Å²) in [5.74, 6) is -0.525. The number of aromatic nitrogens is 1. The molecule has 0 radical (unpaired) electrons. The zero-order valence-electron chi connectivity index (χ0n) is 12.5. The third kappa shape index (κ3) is 3.06. The maximum atomic E-state index is 12.2. The molecule has 0 fully saturated rings. The van der Waals surface area contributed by atoms with Gasteiger partial charge < -0.3 is 14.0 Å². The summed E-state index contributed by atoms with van der Waals surface area (Å²) >= 11 is 1.19. The van der Waals surface area contributed by atoms with E-state index >= 15 is 0 Å². The van der Waals surface area contributed by atoms with Gasteiger partial charge in [0, 0.05) is 18.7 Å². The Hall–Kier alpha value is -2.94. The minimum atomic E-state index is -0.562. The molecule has 8 nitrogen and oxygen atoms in total. The number of ether oxygens (including phenoxy) is 2. The number of nitro groups is 1. The van der Waals surface area contributed by atoms with Crippen LogP contribution in [-0.2, 0) is 20.8 Å². The molecule has 0 unspecified atom stereocenters. The Morgan fingerprint density at radius 1 is 1.50 bits per heavy atom. The molecule has 1 aliphatic heterocycles. The fourth-order valence-electron chi connectivity index (χ4n) is 2.19. The number of carbonyl (C=O) groups is 1. The molecular formula is C15H13N3O5S. The number of rotatable bonds is 4. The predicted octanol–water partition coefficient (Wildman–Crippen LogP) is 2.11. The Kier molecular flexibility index (Phi) is 4.43. The first-order valence-electron chi connectivity index (χ1n) is 7.02. The van der Waals surface area contributed by atoms with E-state index in [1.807, 2.05) is 0 Å². The van der Waals surface area contributed by atoms with Gasteiger partial charge in [-0.2, -0.15) is 4.99 Å². The van der Waals surface area contributed by atoms with Crippen molar-refractivity contribution in [2.45, 2.75) is 6.54 Å². The van der Waals surface area contributed by atoms with Gasteiger partial charge in [-0.1, -0.05) is 17.4 Å². The molecule has 0 spiro atoms. The van der Waals surface area contributed by atoms with Crippen molar-refractivity contribution in [1.82, 2.24) is 4.57 Å². The van der Waals surface area contributed by atoms with Crippen LogP contribution in [0.3, 0.4) is 0 Å². The van der Waals surface area contributed by atoms with Crippen LogP contribution >= 0.6 is 11.3 Å². The number of non-ortho nitro benzene ring substituents is 1. The Bertz CT molecular complexity index is 925. The number of carbonyl (C=O) groups excluding carboxylic acids is 1. The van der Waals surface area contributed by atoms with E-state index in [1.54, 1.807) is 16.7 Å². The molecule has 1 aromatic heterocycles. The minimum Gasteiger partial charge on any atom is -0.494 e. The summed E-state index contributed by atoms with van der Waals surface area (Å²) in [4.78, 5) is 27.1. The maximum Gasteiger partial charge on any atom is 0.317 e. The molecule has 2 aromatic rings. The van der Waals surface area contributed by atoms with E-state index < -0.39 is 10.8 Å². The highest BCUT2D eigenvalue weighted by Crippen LogP contribution is 2.23. The standard InChI is InChI=1S/C15H13N3O5S/c1-2-5-17-11-4-3-10(18(20)21)8-13(11)24-15(17)16-14(19)12-9-22-6-7-23-12/h2-4,8-9H,1,5-7H2. The molecule has 9 heteroatoms. The van der Waals surface area contributed by atoms with E-state index in [2.05, 4.69) is 11.6 Å². The summed E-state index contributed by atoms with van der Waals surface area (Å²) < 4.78 is 12.7. The summed E-state index contributed by atoms with van der Waals surface area (Å²) in [6.45, 7) is 4.79. The lowest BCUT2D eigenvalue weighted by molar-refractivity contribution is -0.384. The first kappa shape index (κ1) is 15.9. The van der Waals surface area contributed by atoms with Crippen LogP contribution in [0.1, 0.15) is 0 Å². The van der Waals surface area contributed by atoms with Gasteiger partial charge in [-0.15, -0.1) is 6.58 Å². The molecule has 1 aliphatic rings. The van der Waals surface area contributed by atoms with E-state index in [-0.39, 0.29) is 11.4 Å². The highest BCUT2D eigenvalue weighted by Gasteiger charge is 2.16. The van der Waals surface area contributed by atoms with Crippen molar-refractivity contribution in [1.29, 1.82) is 0 Å². The summed E-state index contributed by atoms with van der Waals surface area (Å²) in [5.41, 5.74) is 0.728. The van der Waals surface area contributed by atoms with E-state index in [4.69, 9.17) is 9.47 Å². The van der Waals surface area contributed by atoms with E-state index in [1.165, 1.54) is 29.7 Å². The Labute approximate surface area is 140 Å². The molecule has 0 saturated heterocycles. The average molecular weight is 347 g/mol. The van der Waals surface area contributed by atoms with Gasteiger partial charge in [0.1, 0.15) is 19.5 Å². The van der Waals surface area contributed by atoms with Crippen LogP contribution in [0.5, 0.6) is 0 Å². The van der Waals surface area contributed by atoms with Gasteiger partial charge in [0.05, 0.1) is 15.1 Å². The summed E-state index contributed by atoms with van der Waals surface area (Å²) in [5, 5.41) is 10.9. The van der Waals surface area contributed by atoms with Crippen molar-refractivity contribution in [3.05, 3.63) is 57.8 Å². The summed E-state index contributed by atoms with van der Waals surface area (Å²) in [6.07, 6.45) is 2.90. The number of nitro benzene ring substituents is 1. The van der Waals surface area contributed by atoms with Gasteiger partial charge in [-0.25, -0.2) is 0 Å². The molecule has 1 aromatic carbocycles. The quantitative estimate of drug-likeness (QED) is 0.479. The van der Waals surface area contributed by atoms with Crippen LogP contribution in [-0.4, -0.2) is 28.6 Å². The van der Waals surface area contributed by atoms with E-state index in [9.17, 15) is 14.9 Å². The zero-order valence-corrected chi connectivity index (χ0v) is 13.3. The second-order valence-electron chi connectivity index (χ2n) is 4.81. The number of hydrogen-bond donors (Lipinski definition) is 0. The lowest BCUT2D eigenvalue weighted by atomic mass is 10.3. The number of hydrogen-bond acceptors (Lipinski definition) is 6. The van der Waals surface area contributed by atoms with E-state index in [0.717, 1.165) is 5.52 Å². The number of thiazole rings is 1. The van der Waals surface area contributed by atoms with Crippen molar-refractivity contribution in [3.8, 4) is 0 Å². The molecule has 0 atom stereocenters. The van der Waals surface area contributed by atoms with Gasteiger partial charge in [-0.3, -0.25) is 14.9 Å². The smallest absolute Gasteiger partial charge is 0.317 e. The third-order valence-electron chi connectivity index (χ3n) is 3.25. The number of amides is 1. The van der Waals surface area contributed by atoms with Crippen molar-refractivity contribution in [3.63, 3.8) is 0 Å². The summed E-state index contributed by atoms with van der Waals surface area (Å²) in [7, 11) is 0. The third-order valence-corrected chi connectivity index (χ3v) is 4.29. The van der Waals surface area contributed by atoms with Crippen LogP contribution in [0, 0.1) is 10.1 Å². The van der Waals surface area contributed by atoms with Gasteiger partial charge in [-0.05, 0) is 6.07 Å². The Morgan fingerprint density at radius 3 is 3.00 bits per heavy atom. The Morgan fingerprint density at radius 2 is 2.33 bits per heavy atom. The fraction of sp³-hybridized carbons (Fsp3) is 0.200. The largest absolute Gasteiger partial charge is 0.494 e. The van der Waals surface area contributed by atoms with Gasteiger partial charge in [0.25, 0.3) is 5.69 Å². The van der Waals surface area contributed by atoms with Crippen LogP contribution in [0.4, 0.5) is 5.69 Å². The highest BCUT2D eigenvalue weighted by molar-refractivity contribution is 7.16. The monoisotopic (exact) mass is 347 g/mol. The number of benzene rings is 1.